The van der Waals surface area contributed by atoms with Crippen molar-refractivity contribution in [1.29, 1.82) is 0 Å². The maximum absolute atomic E-state index is 5.53. The summed E-state index contributed by atoms with van der Waals surface area (Å²) in [6, 6.07) is 0. The van der Waals surface area contributed by atoms with Crippen molar-refractivity contribution in [1.82, 2.24) is 0 Å². The molecule has 1 unspecified atom stereocenters. The second-order valence-electron chi connectivity index (χ2n) is 3.15. The van der Waals surface area contributed by atoms with Gasteiger partial charge in [0.05, 0.1) is 0 Å². The van der Waals surface area contributed by atoms with Gasteiger partial charge >= 0.3 is 0 Å². The Kier molecular flexibility index (Phi) is 6.78. The highest BCUT2D eigenvalue weighted by Crippen LogP contribution is 2.03. The second kappa shape index (κ2) is 7.11. The fourth-order valence-electron chi connectivity index (χ4n) is 0.848. The van der Waals surface area contributed by atoms with Crippen molar-refractivity contribution in [3.8, 4) is 0 Å². The van der Waals surface area contributed by atoms with Gasteiger partial charge in [0.1, 0.15) is 0 Å². The molecule has 2 N–H and O–H groups in total. The van der Waals surface area contributed by atoms with Crippen LogP contribution in [-0.4, -0.2) is 6.54 Å². The van der Waals surface area contributed by atoms with Gasteiger partial charge in [-0.2, -0.15) is 0 Å². The van der Waals surface area contributed by atoms with Crippen LogP contribution in [0.3, 0.4) is 0 Å². The lowest BCUT2D eigenvalue weighted by atomic mass is 10.1. The van der Waals surface area contributed by atoms with Gasteiger partial charge in [0.2, 0.25) is 0 Å². The molecule has 0 aromatic rings. The zero-order chi connectivity index (χ0) is 9.40. The largest absolute Gasteiger partial charge is 0.327 e. The van der Waals surface area contributed by atoms with E-state index in [1.807, 2.05) is 0 Å². The van der Waals surface area contributed by atoms with Crippen LogP contribution in [0, 0.1) is 5.92 Å². The third kappa shape index (κ3) is 5.14. The Morgan fingerprint density at radius 3 is 2.50 bits per heavy atom. The molecule has 1 heteroatoms. The highest BCUT2D eigenvalue weighted by atomic mass is 14.5. The van der Waals surface area contributed by atoms with Crippen LogP contribution in [0.5, 0.6) is 0 Å². The summed E-state index contributed by atoms with van der Waals surface area (Å²) in [4.78, 5) is 0. The molecule has 0 aliphatic rings. The third-order valence-corrected chi connectivity index (χ3v) is 2.13. The number of nitrogens with two attached hydrogens (primary N) is 1. The van der Waals surface area contributed by atoms with Crippen LogP contribution >= 0.6 is 0 Å². The quantitative estimate of drug-likeness (QED) is 0.626. The molecule has 0 rings (SSSR count). The molecule has 0 amide bonds. The van der Waals surface area contributed by atoms with E-state index in [0.29, 0.717) is 12.5 Å². The fraction of sp³-hybridized carbons (Fsp3) is 0.636. The Bertz CT molecular complexity index is 150. The highest BCUT2D eigenvalue weighted by Gasteiger charge is 1.89. The van der Waals surface area contributed by atoms with Gasteiger partial charge < -0.3 is 5.73 Å². The van der Waals surface area contributed by atoms with Crippen molar-refractivity contribution in [3.05, 3.63) is 23.8 Å². The molecule has 0 aliphatic heterocycles. The first-order valence-electron chi connectivity index (χ1n) is 4.80. The van der Waals surface area contributed by atoms with E-state index in [2.05, 4.69) is 39.0 Å². The zero-order valence-corrected chi connectivity index (χ0v) is 8.51. The summed E-state index contributed by atoms with van der Waals surface area (Å²) in [6.07, 6.45) is 8.74. The Morgan fingerprint density at radius 2 is 2.08 bits per heavy atom. The number of hydrogen-bond donors (Lipinski definition) is 1. The van der Waals surface area contributed by atoms with E-state index in [0.717, 1.165) is 6.42 Å². The predicted octanol–water partition coefficient (Wildman–Crippen LogP) is 2.88. The van der Waals surface area contributed by atoms with Gasteiger partial charge in [-0.1, -0.05) is 51.0 Å². The van der Waals surface area contributed by atoms with Crippen LogP contribution < -0.4 is 5.73 Å². The molecule has 0 aromatic carbocycles. The number of hydrogen-bond acceptors (Lipinski definition) is 1. The molecule has 70 valence electrons. The minimum absolute atomic E-state index is 0.678. The Balaban J connectivity index is 3.91. The first-order valence-corrected chi connectivity index (χ1v) is 4.80. The smallest absolute Gasteiger partial charge is 0.0139 e. The lowest BCUT2D eigenvalue weighted by Gasteiger charge is -1.99. The molecule has 0 saturated heterocycles. The summed E-state index contributed by atoms with van der Waals surface area (Å²) in [5.41, 5.74) is 6.84. The first kappa shape index (κ1) is 11.4. The van der Waals surface area contributed by atoms with Gasteiger partial charge in [-0.25, -0.2) is 0 Å². The van der Waals surface area contributed by atoms with E-state index in [-0.39, 0.29) is 0 Å². The summed E-state index contributed by atoms with van der Waals surface area (Å²) >= 11 is 0. The Hall–Kier alpha value is -0.560. The molecular weight excluding hydrogens is 146 g/mol. The van der Waals surface area contributed by atoms with E-state index in [1.54, 1.807) is 0 Å². The van der Waals surface area contributed by atoms with Gasteiger partial charge in [0, 0.05) is 6.54 Å². The Morgan fingerprint density at radius 1 is 1.42 bits per heavy atom. The van der Waals surface area contributed by atoms with E-state index < -0.39 is 0 Å². The summed E-state index contributed by atoms with van der Waals surface area (Å²) < 4.78 is 0. The van der Waals surface area contributed by atoms with Crippen molar-refractivity contribution in [3.63, 3.8) is 0 Å². The van der Waals surface area contributed by atoms with E-state index in [9.17, 15) is 0 Å². The summed E-state index contributed by atoms with van der Waals surface area (Å²) in [5, 5.41) is 0. The van der Waals surface area contributed by atoms with E-state index >= 15 is 0 Å². The second-order valence-corrected chi connectivity index (χ2v) is 3.15. The normalized spacial score (nSPS) is 15.5. The lowest BCUT2D eigenvalue weighted by molar-refractivity contribution is 0.698. The van der Waals surface area contributed by atoms with Crippen LogP contribution in [0.2, 0.25) is 0 Å². The van der Waals surface area contributed by atoms with Crippen molar-refractivity contribution < 1.29 is 0 Å². The molecule has 0 bridgehead atoms. The molecule has 0 radical (unpaired) electrons. The van der Waals surface area contributed by atoms with Crippen LogP contribution in [-0.2, 0) is 0 Å². The topological polar surface area (TPSA) is 26.0 Å². The van der Waals surface area contributed by atoms with Gasteiger partial charge in [0.25, 0.3) is 0 Å². The van der Waals surface area contributed by atoms with Gasteiger partial charge in [-0.15, -0.1) is 0 Å². The van der Waals surface area contributed by atoms with E-state index in [4.69, 9.17) is 5.73 Å². The molecule has 12 heavy (non-hydrogen) atoms. The van der Waals surface area contributed by atoms with Crippen LogP contribution in [0.25, 0.3) is 0 Å². The first-order chi connectivity index (χ1) is 5.74. The number of allylic oxidation sites excluding steroid dienone is 3. The minimum Gasteiger partial charge on any atom is -0.327 e. The van der Waals surface area contributed by atoms with Gasteiger partial charge in [0.15, 0.2) is 0 Å². The van der Waals surface area contributed by atoms with Gasteiger partial charge in [-0.05, 0) is 12.3 Å². The Labute approximate surface area is 76.3 Å². The molecule has 0 spiro atoms. The van der Waals surface area contributed by atoms with Crippen LogP contribution in [0.4, 0.5) is 0 Å². The van der Waals surface area contributed by atoms with Crippen LogP contribution in [0.15, 0.2) is 23.8 Å². The lowest BCUT2D eigenvalue weighted by Crippen LogP contribution is -2.01. The molecule has 0 aromatic heterocycles. The van der Waals surface area contributed by atoms with Crippen molar-refractivity contribution in [2.45, 2.75) is 33.6 Å². The molecule has 1 atom stereocenters. The molecule has 0 fully saturated rings. The van der Waals surface area contributed by atoms with Crippen LogP contribution in [0.1, 0.15) is 33.6 Å². The molecular formula is C11H21N. The summed E-state index contributed by atoms with van der Waals surface area (Å²) in [6.45, 7) is 7.23. The number of rotatable bonds is 5. The molecule has 1 nitrogen and oxygen atoms in total. The van der Waals surface area contributed by atoms with E-state index in [1.165, 1.54) is 12.0 Å². The molecule has 0 heterocycles. The average molecular weight is 167 g/mol. The predicted molar refractivity (Wildman–Crippen MR) is 56.0 cm³/mol. The van der Waals surface area contributed by atoms with Crippen molar-refractivity contribution in [2.24, 2.45) is 11.7 Å². The third-order valence-electron chi connectivity index (χ3n) is 2.13. The molecule has 0 saturated carbocycles. The fourth-order valence-corrected chi connectivity index (χ4v) is 0.848. The van der Waals surface area contributed by atoms with Gasteiger partial charge in [-0.3, -0.25) is 0 Å². The average Bonchev–Trinajstić information content (AvgIpc) is 2.12. The zero-order valence-electron chi connectivity index (χ0n) is 8.51. The highest BCUT2D eigenvalue weighted by molar-refractivity contribution is 5.13. The maximum Gasteiger partial charge on any atom is 0.0139 e. The summed E-state index contributed by atoms with van der Waals surface area (Å²) in [5.74, 6) is 0.678. The minimum atomic E-state index is 0.678. The molecule has 0 aliphatic carbocycles. The summed E-state index contributed by atoms with van der Waals surface area (Å²) in [7, 11) is 0. The maximum atomic E-state index is 5.53. The monoisotopic (exact) mass is 167 g/mol. The SMILES string of the molecule is CCC(=CC=CC(C)CC)CN. The standard InChI is InChI=1S/C11H21N/c1-4-10(3)7-6-8-11(5-2)9-12/h6-8,10H,4-5,9,12H2,1-3H3. The van der Waals surface area contributed by atoms with Crippen molar-refractivity contribution >= 4 is 0 Å². The van der Waals surface area contributed by atoms with Crippen molar-refractivity contribution in [2.75, 3.05) is 6.54 Å².